The molecule has 150 valence electrons. The van der Waals surface area contributed by atoms with Crippen molar-refractivity contribution in [2.75, 3.05) is 18.8 Å². The van der Waals surface area contributed by atoms with Gasteiger partial charge in [-0.15, -0.1) is 12.4 Å². The Hall–Kier alpha value is -1.48. The van der Waals surface area contributed by atoms with Crippen molar-refractivity contribution in [3.8, 4) is 0 Å². The molecule has 1 heterocycles. The SMILES string of the molecule is Cl.NCC(NS(=O)(=O)CCCN1C(=O)c2ccccc2C1=O)C1CCCC1. The van der Waals surface area contributed by atoms with E-state index in [2.05, 4.69) is 4.72 Å². The van der Waals surface area contributed by atoms with Crippen LogP contribution in [0.15, 0.2) is 24.3 Å². The monoisotopic (exact) mass is 415 g/mol. The Morgan fingerprint density at radius 3 is 2.19 bits per heavy atom. The molecular formula is C18H26ClN3O4S. The van der Waals surface area contributed by atoms with Gasteiger partial charge in [0.2, 0.25) is 10.0 Å². The summed E-state index contributed by atoms with van der Waals surface area (Å²) in [6.07, 6.45) is 4.42. The van der Waals surface area contributed by atoms with Gasteiger partial charge in [-0.1, -0.05) is 25.0 Å². The van der Waals surface area contributed by atoms with Crippen LogP contribution in [-0.2, 0) is 10.0 Å². The number of nitrogens with zero attached hydrogens (tertiary/aromatic N) is 1. The first-order chi connectivity index (χ1) is 12.4. The average molecular weight is 416 g/mol. The highest BCUT2D eigenvalue weighted by Crippen LogP contribution is 2.28. The van der Waals surface area contributed by atoms with E-state index in [-0.39, 0.29) is 55.5 Å². The summed E-state index contributed by atoms with van der Waals surface area (Å²) in [7, 11) is -3.50. The molecule has 9 heteroatoms. The van der Waals surface area contributed by atoms with E-state index in [0.29, 0.717) is 17.0 Å². The number of amides is 2. The van der Waals surface area contributed by atoms with Crippen LogP contribution in [0.1, 0.15) is 52.8 Å². The first-order valence-corrected chi connectivity index (χ1v) is 10.7. The average Bonchev–Trinajstić information content (AvgIpc) is 3.23. The molecule has 0 bridgehead atoms. The summed E-state index contributed by atoms with van der Waals surface area (Å²) < 4.78 is 27.4. The maximum atomic E-state index is 12.4. The van der Waals surface area contributed by atoms with Gasteiger partial charge in [0, 0.05) is 19.1 Å². The zero-order valence-corrected chi connectivity index (χ0v) is 16.7. The molecule has 1 aliphatic carbocycles. The predicted molar refractivity (Wildman–Crippen MR) is 105 cm³/mol. The summed E-state index contributed by atoms with van der Waals surface area (Å²) in [5, 5.41) is 0. The molecule has 1 aromatic rings. The van der Waals surface area contributed by atoms with Crippen LogP contribution in [0.3, 0.4) is 0 Å². The molecule has 3 rings (SSSR count). The number of sulfonamides is 1. The Morgan fingerprint density at radius 1 is 1.11 bits per heavy atom. The quantitative estimate of drug-likeness (QED) is 0.625. The molecule has 0 radical (unpaired) electrons. The number of imide groups is 1. The van der Waals surface area contributed by atoms with Crippen LogP contribution in [-0.4, -0.2) is 50.0 Å². The van der Waals surface area contributed by atoms with E-state index in [0.717, 1.165) is 30.6 Å². The van der Waals surface area contributed by atoms with Crippen molar-refractivity contribution in [3.05, 3.63) is 35.4 Å². The third-order valence-corrected chi connectivity index (χ3v) is 6.71. The van der Waals surface area contributed by atoms with Crippen LogP contribution >= 0.6 is 12.4 Å². The van der Waals surface area contributed by atoms with E-state index in [9.17, 15) is 18.0 Å². The summed E-state index contributed by atoms with van der Waals surface area (Å²) in [6.45, 7) is 0.367. The fraction of sp³-hybridized carbons (Fsp3) is 0.556. The van der Waals surface area contributed by atoms with Crippen molar-refractivity contribution in [2.45, 2.75) is 38.1 Å². The zero-order chi connectivity index (χ0) is 18.7. The maximum absolute atomic E-state index is 12.4. The minimum Gasteiger partial charge on any atom is -0.329 e. The molecule has 27 heavy (non-hydrogen) atoms. The molecule has 1 aliphatic heterocycles. The van der Waals surface area contributed by atoms with E-state index in [4.69, 9.17) is 5.73 Å². The van der Waals surface area contributed by atoms with E-state index in [1.165, 1.54) is 0 Å². The molecule has 1 atom stereocenters. The Morgan fingerprint density at radius 2 is 1.67 bits per heavy atom. The lowest BCUT2D eigenvalue weighted by Crippen LogP contribution is -2.45. The van der Waals surface area contributed by atoms with Crippen LogP contribution in [0.5, 0.6) is 0 Å². The highest BCUT2D eigenvalue weighted by atomic mass is 35.5. The molecule has 1 unspecified atom stereocenters. The second-order valence-electron chi connectivity index (χ2n) is 6.98. The molecule has 2 amide bonds. The van der Waals surface area contributed by atoms with Gasteiger partial charge in [-0.3, -0.25) is 14.5 Å². The van der Waals surface area contributed by atoms with Gasteiger partial charge in [0.15, 0.2) is 0 Å². The van der Waals surface area contributed by atoms with Crippen molar-refractivity contribution >= 4 is 34.2 Å². The number of nitrogens with one attached hydrogen (secondary N) is 1. The maximum Gasteiger partial charge on any atom is 0.261 e. The Labute approximate surface area is 166 Å². The number of fused-ring (bicyclic) bond motifs is 1. The van der Waals surface area contributed by atoms with Crippen LogP contribution in [0.4, 0.5) is 0 Å². The lowest BCUT2D eigenvalue weighted by Gasteiger charge is -2.23. The van der Waals surface area contributed by atoms with Crippen LogP contribution < -0.4 is 10.5 Å². The first kappa shape index (κ1) is 21.8. The standard InChI is InChI=1S/C18H25N3O4S.ClH/c19-12-16(13-6-1-2-7-13)20-26(24,25)11-5-10-21-17(22)14-8-3-4-9-15(14)18(21)23;/h3-4,8-9,13,16,20H,1-2,5-7,10-12,19H2;1H. The fourth-order valence-electron chi connectivity index (χ4n) is 3.84. The fourth-order valence-corrected chi connectivity index (χ4v) is 5.22. The number of nitrogens with two attached hydrogens (primary N) is 1. The third kappa shape index (κ3) is 4.87. The van der Waals surface area contributed by atoms with Crippen molar-refractivity contribution in [3.63, 3.8) is 0 Å². The molecule has 0 saturated heterocycles. The van der Waals surface area contributed by atoms with Gasteiger partial charge >= 0.3 is 0 Å². The Balaban J connectivity index is 0.00000261. The van der Waals surface area contributed by atoms with Crippen LogP contribution in [0, 0.1) is 5.92 Å². The van der Waals surface area contributed by atoms with Crippen LogP contribution in [0.25, 0.3) is 0 Å². The number of hydrogen-bond donors (Lipinski definition) is 2. The summed E-state index contributed by atoms with van der Waals surface area (Å²) >= 11 is 0. The summed E-state index contributed by atoms with van der Waals surface area (Å²) in [6, 6.07) is 6.40. The van der Waals surface area contributed by atoms with E-state index >= 15 is 0 Å². The highest BCUT2D eigenvalue weighted by Gasteiger charge is 2.35. The van der Waals surface area contributed by atoms with Crippen molar-refractivity contribution < 1.29 is 18.0 Å². The van der Waals surface area contributed by atoms with Gasteiger partial charge < -0.3 is 5.73 Å². The molecule has 1 aromatic carbocycles. The summed E-state index contributed by atoms with van der Waals surface area (Å²) in [4.78, 5) is 25.7. The minimum absolute atomic E-state index is 0. The molecular weight excluding hydrogens is 390 g/mol. The molecule has 2 aliphatic rings. The van der Waals surface area contributed by atoms with Gasteiger partial charge in [0.05, 0.1) is 16.9 Å². The number of halogens is 1. The molecule has 0 aromatic heterocycles. The van der Waals surface area contributed by atoms with Gasteiger partial charge in [-0.05, 0) is 37.3 Å². The lowest BCUT2D eigenvalue weighted by atomic mass is 9.99. The second-order valence-corrected chi connectivity index (χ2v) is 8.86. The third-order valence-electron chi connectivity index (χ3n) is 5.23. The van der Waals surface area contributed by atoms with Gasteiger partial charge in [0.1, 0.15) is 0 Å². The summed E-state index contributed by atoms with van der Waals surface area (Å²) in [5.41, 5.74) is 6.50. The van der Waals surface area contributed by atoms with E-state index < -0.39 is 10.0 Å². The smallest absolute Gasteiger partial charge is 0.261 e. The normalized spacial score (nSPS) is 18.5. The highest BCUT2D eigenvalue weighted by molar-refractivity contribution is 7.89. The Kier molecular flexibility index (Phi) is 7.39. The number of benzene rings is 1. The topological polar surface area (TPSA) is 110 Å². The predicted octanol–water partition coefficient (Wildman–Crippen LogP) is 1.53. The number of carbonyl (C=O) groups excluding carboxylic acids is 2. The van der Waals surface area contributed by atoms with Gasteiger partial charge in [0.25, 0.3) is 11.8 Å². The minimum atomic E-state index is -3.50. The van der Waals surface area contributed by atoms with Crippen molar-refractivity contribution in [1.29, 1.82) is 0 Å². The van der Waals surface area contributed by atoms with E-state index in [1.54, 1.807) is 24.3 Å². The van der Waals surface area contributed by atoms with E-state index in [1.807, 2.05) is 0 Å². The Bertz CT molecular complexity index is 759. The molecule has 1 fully saturated rings. The summed E-state index contributed by atoms with van der Waals surface area (Å²) in [5.74, 6) is -0.557. The van der Waals surface area contributed by atoms with Crippen molar-refractivity contribution in [2.24, 2.45) is 11.7 Å². The lowest BCUT2D eigenvalue weighted by molar-refractivity contribution is 0.0654. The molecule has 1 saturated carbocycles. The zero-order valence-electron chi connectivity index (χ0n) is 15.1. The number of rotatable bonds is 8. The van der Waals surface area contributed by atoms with Gasteiger partial charge in [-0.25, -0.2) is 13.1 Å². The van der Waals surface area contributed by atoms with Crippen LogP contribution in [0.2, 0.25) is 0 Å². The molecule has 0 spiro atoms. The first-order valence-electron chi connectivity index (χ1n) is 9.08. The molecule has 3 N–H and O–H groups in total. The largest absolute Gasteiger partial charge is 0.329 e. The second kappa shape index (κ2) is 9.14. The molecule has 7 nitrogen and oxygen atoms in total. The number of carbonyl (C=O) groups is 2. The van der Waals surface area contributed by atoms with Crippen molar-refractivity contribution in [1.82, 2.24) is 9.62 Å². The number of hydrogen-bond acceptors (Lipinski definition) is 5. The van der Waals surface area contributed by atoms with Gasteiger partial charge in [-0.2, -0.15) is 0 Å².